The molecule has 7 heteroatoms. The number of aliphatic carboxylic acids is 1. The van der Waals surface area contributed by atoms with E-state index in [4.69, 9.17) is 39.9 Å². The number of carboxylic acid groups (broad SMARTS) is 1. The van der Waals surface area contributed by atoms with E-state index < -0.39 is 21.7 Å². The van der Waals surface area contributed by atoms with E-state index >= 15 is 0 Å². The fourth-order valence-electron chi connectivity index (χ4n) is 1.59. The van der Waals surface area contributed by atoms with E-state index in [9.17, 15) is 9.59 Å². The number of hydrogen-bond acceptors (Lipinski definition) is 2. The van der Waals surface area contributed by atoms with Gasteiger partial charge in [-0.25, -0.2) is 4.79 Å². The first-order valence-corrected chi connectivity index (χ1v) is 5.58. The zero-order valence-electron chi connectivity index (χ0n) is 7.75. The third-order valence-electron chi connectivity index (χ3n) is 2.29. The molecule has 15 heavy (non-hydrogen) atoms. The van der Waals surface area contributed by atoms with E-state index in [1.54, 1.807) is 0 Å². The highest BCUT2D eigenvalue weighted by atomic mass is 35.6. The number of nitrogens with zero attached hydrogens (tertiary/aromatic N) is 1. The standard InChI is InChI=1S/C8H10Cl3NO3/c9-8(10,11)7(15)12-4-2-1-3-5(12)6(13)14/h5H,1-4H2,(H,13,14)/t5-/m0/s1. The normalized spacial score (nSPS) is 22.6. The Bertz CT molecular complexity index is 277. The molecule has 1 saturated heterocycles. The Balaban J connectivity index is 2.81. The number of alkyl halides is 3. The van der Waals surface area contributed by atoms with E-state index in [1.807, 2.05) is 0 Å². The van der Waals surface area contributed by atoms with Gasteiger partial charge in [0.15, 0.2) is 0 Å². The molecule has 0 spiro atoms. The van der Waals surface area contributed by atoms with Crippen molar-refractivity contribution in [2.75, 3.05) is 6.54 Å². The summed E-state index contributed by atoms with van der Waals surface area (Å²) in [6.07, 6.45) is 1.90. The molecule has 1 aliphatic rings. The van der Waals surface area contributed by atoms with Gasteiger partial charge < -0.3 is 10.0 Å². The maximum Gasteiger partial charge on any atom is 0.326 e. The van der Waals surface area contributed by atoms with Gasteiger partial charge >= 0.3 is 5.97 Å². The van der Waals surface area contributed by atoms with Gasteiger partial charge in [-0.2, -0.15) is 0 Å². The molecule has 0 aromatic carbocycles. The molecule has 1 rings (SSSR count). The van der Waals surface area contributed by atoms with Crippen LogP contribution in [0.2, 0.25) is 0 Å². The third-order valence-corrected chi connectivity index (χ3v) is 2.78. The van der Waals surface area contributed by atoms with E-state index in [-0.39, 0.29) is 0 Å². The quantitative estimate of drug-likeness (QED) is 0.742. The summed E-state index contributed by atoms with van der Waals surface area (Å²) < 4.78 is -2.08. The van der Waals surface area contributed by atoms with Crippen LogP contribution in [0, 0.1) is 0 Å². The highest BCUT2D eigenvalue weighted by molar-refractivity contribution is 6.76. The number of carboxylic acids is 1. The maximum atomic E-state index is 11.6. The van der Waals surface area contributed by atoms with Crippen molar-refractivity contribution in [1.82, 2.24) is 4.90 Å². The minimum Gasteiger partial charge on any atom is -0.480 e. The molecule has 0 aromatic rings. The molecule has 1 fully saturated rings. The maximum absolute atomic E-state index is 11.6. The molecule has 0 radical (unpaired) electrons. The monoisotopic (exact) mass is 273 g/mol. The molecule has 1 amide bonds. The van der Waals surface area contributed by atoms with Gasteiger partial charge in [0.05, 0.1) is 0 Å². The molecule has 0 aliphatic carbocycles. The van der Waals surface area contributed by atoms with Crippen molar-refractivity contribution in [2.24, 2.45) is 0 Å². The fourth-order valence-corrected chi connectivity index (χ4v) is 1.92. The summed E-state index contributed by atoms with van der Waals surface area (Å²) >= 11 is 16.3. The zero-order chi connectivity index (χ0) is 11.6. The highest BCUT2D eigenvalue weighted by Gasteiger charge is 2.41. The first kappa shape index (κ1) is 12.9. The Hall–Kier alpha value is -0.190. The number of hydrogen-bond donors (Lipinski definition) is 1. The Morgan fingerprint density at radius 2 is 1.87 bits per heavy atom. The molecule has 0 unspecified atom stereocenters. The average molecular weight is 275 g/mol. The van der Waals surface area contributed by atoms with Crippen molar-refractivity contribution < 1.29 is 14.7 Å². The zero-order valence-corrected chi connectivity index (χ0v) is 10.0. The van der Waals surface area contributed by atoms with E-state index in [1.165, 1.54) is 0 Å². The van der Waals surface area contributed by atoms with Crippen molar-refractivity contribution in [3.63, 3.8) is 0 Å². The van der Waals surface area contributed by atoms with Gasteiger partial charge in [-0.05, 0) is 19.3 Å². The van der Waals surface area contributed by atoms with Crippen LogP contribution < -0.4 is 0 Å². The van der Waals surface area contributed by atoms with Crippen LogP contribution in [0.25, 0.3) is 0 Å². The largest absolute Gasteiger partial charge is 0.480 e. The summed E-state index contributed by atoms with van der Waals surface area (Å²) in [5, 5.41) is 8.90. The Kier molecular flexibility index (Phi) is 4.09. The molecule has 0 aromatic heterocycles. The topological polar surface area (TPSA) is 57.6 Å². The molecule has 0 bridgehead atoms. The van der Waals surface area contributed by atoms with Crippen LogP contribution in [0.4, 0.5) is 0 Å². The van der Waals surface area contributed by atoms with Crippen LogP contribution in [-0.4, -0.2) is 38.3 Å². The molecular weight excluding hydrogens is 264 g/mol. The number of amides is 1. The minimum absolute atomic E-state index is 0.323. The second-order valence-corrected chi connectivity index (χ2v) is 5.63. The van der Waals surface area contributed by atoms with E-state index in [0.717, 1.165) is 17.7 Å². The predicted octanol–water partition coefficient (Wildman–Crippen LogP) is 1.82. The summed E-state index contributed by atoms with van der Waals surface area (Å²) in [6.45, 7) is 0.323. The van der Waals surface area contributed by atoms with Crippen LogP contribution in [0.5, 0.6) is 0 Å². The predicted molar refractivity (Wildman–Crippen MR) is 57.3 cm³/mol. The lowest BCUT2D eigenvalue weighted by Gasteiger charge is -2.34. The second kappa shape index (κ2) is 4.76. The second-order valence-electron chi connectivity index (χ2n) is 3.35. The molecule has 1 heterocycles. The number of likely N-dealkylation sites (tertiary alicyclic amines) is 1. The molecule has 1 N–H and O–H groups in total. The highest BCUT2D eigenvalue weighted by Crippen LogP contribution is 2.31. The van der Waals surface area contributed by atoms with Crippen molar-refractivity contribution >= 4 is 46.7 Å². The van der Waals surface area contributed by atoms with Crippen molar-refractivity contribution in [3.05, 3.63) is 0 Å². The van der Waals surface area contributed by atoms with Gasteiger partial charge in [-0.1, -0.05) is 34.8 Å². The summed E-state index contributed by atoms with van der Waals surface area (Å²) in [4.78, 5) is 23.6. The summed E-state index contributed by atoms with van der Waals surface area (Å²) in [5.74, 6) is -1.82. The van der Waals surface area contributed by atoms with Crippen LogP contribution >= 0.6 is 34.8 Å². The van der Waals surface area contributed by atoms with Crippen molar-refractivity contribution in [3.8, 4) is 0 Å². The first-order chi connectivity index (χ1) is 6.84. The number of carbonyl (C=O) groups excluding carboxylic acids is 1. The van der Waals surface area contributed by atoms with E-state index in [2.05, 4.69) is 0 Å². The number of piperidine rings is 1. The number of rotatable bonds is 1. The Morgan fingerprint density at radius 1 is 1.27 bits per heavy atom. The fraction of sp³-hybridized carbons (Fsp3) is 0.750. The lowest BCUT2D eigenvalue weighted by Crippen LogP contribution is -2.51. The summed E-state index contributed by atoms with van der Waals surface area (Å²) in [6, 6.07) is -0.873. The van der Waals surface area contributed by atoms with Gasteiger partial charge in [-0.3, -0.25) is 4.79 Å². The van der Waals surface area contributed by atoms with Crippen LogP contribution in [0.1, 0.15) is 19.3 Å². The number of carbonyl (C=O) groups is 2. The van der Waals surface area contributed by atoms with Gasteiger partial charge in [0.25, 0.3) is 9.70 Å². The minimum atomic E-state index is -2.08. The summed E-state index contributed by atoms with van der Waals surface area (Å²) in [7, 11) is 0. The SMILES string of the molecule is O=C(O)[C@@H]1CCCCN1C(=O)C(Cl)(Cl)Cl. The molecule has 1 atom stereocenters. The molecule has 86 valence electrons. The first-order valence-electron chi connectivity index (χ1n) is 4.44. The number of halogens is 3. The molecule has 0 saturated carbocycles. The third kappa shape index (κ3) is 3.13. The molecular formula is C8H10Cl3NO3. The lowest BCUT2D eigenvalue weighted by molar-refractivity contribution is -0.151. The molecule has 4 nitrogen and oxygen atoms in total. The van der Waals surface area contributed by atoms with Gasteiger partial charge in [-0.15, -0.1) is 0 Å². The van der Waals surface area contributed by atoms with Crippen LogP contribution in [0.15, 0.2) is 0 Å². The smallest absolute Gasteiger partial charge is 0.326 e. The van der Waals surface area contributed by atoms with Gasteiger partial charge in [0.1, 0.15) is 6.04 Å². The van der Waals surface area contributed by atoms with Gasteiger partial charge in [0, 0.05) is 6.54 Å². The Labute approximate surface area is 102 Å². The van der Waals surface area contributed by atoms with Gasteiger partial charge in [0.2, 0.25) is 0 Å². The molecule has 1 aliphatic heterocycles. The van der Waals surface area contributed by atoms with Crippen molar-refractivity contribution in [2.45, 2.75) is 29.1 Å². The van der Waals surface area contributed by atoms with Crippen LogP contribution in [0.3, 0.4) is 0 Å². The lowest BCUT2D eigenvalue weighted by atomic mass is 10.0. The van der Waals surface area contributed by atoms with Crippen molar-refractivity contribution in [1.29, 1.82) is 0 Å². The average Bonchev–Trinajstić information content (AvgIpc) is 2.15. The Morgan fingerprint density at radius 3 is 2.33 bits per heavy atom. The summed E-state index contributed by atoms with van der Waals surface area (Å²) in [5.41, 5.74) is 0. The van der Waals surface area contributed by atoms with Crippen LogP contribution in [-0.2, 0) is 9.59 Å². The van der Waals surface area contributed by atoms with E-state index in [0.29, 0.717) is 13.0 Å².